The number of carbonyl (C=O) groups is 1. The van der Waals surface area contributed by atoms with Gasteiger partial charge in [-0.25, -0.2) is 0 Å². The highest BCUT2D eigenvalue weighted by molar-refractivity contribution is 6.99. The van der Waals surface area contributed by atoms with Crippen molar-refractivity contribution < 1.29 is 14.3 Å². The van der Waals surface area contributed by atoms with Crippen molar-refractivity contribution >= 4 is 24.7 Å². The molecule has 0 heterocycles. The number of benzene rings is 2. The molecule has 0 aliphatic heterocycles. The molecule has 0 radical (unpaired) electrons. The van der Waals surface area contributed by atoms with Crippen molar-refractivity contribution in [1.82, 2.24) is 0 Å². The Hall–Kier alpha value is -1.91. The summed E-state index contributed by atoms with van der Waals surface area (Å²) in [5, 5.41) is 11.5. The minimum Gasteiger partial charge on any atom is -0.481 e. The third kappa shape index (κ3) is 3.76. The number of rotatable bonds is 7. The molecular formula is C22H28O3Si. The molecule has 2 atom stereocenters. The number of aliphatic carboxylic acids is 1. The highest BCUT2D eigenvalue weighted by Gasteiger charge is 2.51. The lowest BCUT2D eigenvalue weighted by atomic mass is 10.2. The summed E-state index contributed by atoms with van der Waals surface area (Å²) in [5.74, 6) is -0.0681. The Morgan fingerprint density at radius 2 is 1.50 bits per heavy atom. The molecule has 138 valence electrons. The quantitative estimate of drug-likeness (QED) is 0.759. The van der Waals surface area contributed by atoms with E-state index >= 15 is 0 Å². The second-order valence-corrected chi connectivity index (χ2v) is 12.6. The summed E-state index contributed by atoms with van der Waals surface area (Å²) in [4.78, 5) is 11.0. The van der Waals surface area contributed by atoms with Crippen LogP contribution in [0.2, 0.25) is 5.04 Å². The predicted molar refractivity (Wildman–Crippen MR) is 107 cm³/mol. The fraction of sp³-hybridized carbons (Fsp3) is 0.409. The van der Waals surface area contributed by atoms with Gasteiger partial charge in [0.1, 0.15) is 0 Å². The van der Waals surface area contributed by atoms with Gasteiger partial charge in [0.2, 0.25) is 0 Å². The van der Waals surface area contributed by atoms with Crippen LogP contribution >= 0.6 is 0 Å². The monoisotopic (exact) mass is 368 g/mol. The Labute approximate surface area is 157 Å². The van der Waals surface area contributed by atoms with E-state index in [-0.39, 0.29) is 17.4 Å². The van der Waals surface area contributed by atoms with E-state index in [4.69, 9.17) is 9.53 Å². The van der Waals surface area contributed by atoms with E-state index in [1.807, 2.05) is 12.1 Å². The van der Waals surface area contributed by atoms with Crippen molar-refractivity contribution in [2.24, 2.45) is 11.8 Å². The van der Waals surface area contributed by atoms with Gasteiger partial charge in [0.05, 0.1) is 0 Å². The summed E-state index contributed by atoms with van der Waals surface area (Å²) in [5.41, 5.74) is 0. The van der Waals surface area contributed by atoms with E-state index < -0.39 is 14.3 Å². The number of hydrogen-bond donors (Lipinski definition) is 1. The van der Waals surface area contributed by atoms with Crippen molar-refractivity contribution in [3.63, 3.8) is 0 Å². The fourth-order valence-corrected chi connectivity index (χ4v) is 8.60. The molecule has 0 aromatic heterocycles. The van der Waals surface area contributed by atoms with Gasteiger partial charge < -0.3 is 9.53 Å². The number of carboxylic acid groups (broad SMARTS) is 1. The Balaban J connectivity index is 1.95. The molecular weight excluding hydrogens is 340 g/mol. The van der Waals surface area contributed by atoms with Gasteiger partial charge in [0.15, 0.2) is 0 Å². The first-order valence-electron chi connectivity index (χ1n) is 9.31. The summed E-state index contributed by atoms with van der Waals surface area (Å²) in [7, 11) is -2.49. The second kappa shape index (κ2) is 7.37. The molecule has 1 aliphatic carbocycles. The molecule has 26 heavy (non-hydrogen) atoms. The molecule has 1 N–H and O–H groups in total. The van der Waals surface area contributed by atoms with E-state index in [9.17, 15) is 4.79 Å². The van der Waals surface area contributed by atoms with E-state index in [1.165, 1.54) is 10.4 Å². The van der Waals surface area contributed by atoms with E-state index in [0.29, 0.717) is 12.5 Å². The Kier molecular flexibility index (Phi) is 5.35. The first-order valence-corrected chi connectivity index (χ1v) is 11.2. The average molecular weight is 369 g/mol. The molecule has 0 bridgehead atoms. The van der Waals surface area contributed by atoms with Gasteiger partial charge >= 0.3 is 5.97 Å². The van der Waals surface area contributed by atoms with Gasteiger partial charge in [-0.3, -0.25) is 4.79 Å². The molecule has 0 spiro atoms. The zero-order valence-electron chi connectivity index (χ0n) is 15.8. The van der Waals surface area contributed by atoms with Crippen LogP contribution in [0.1, 0.15) is 33.6 Å². The lowest BCUT2D eigenvalue weighted by molar-refractivity contribution is -0.137. The van der Waals surface area contributed by atoms with E-state index in [2.05, 4.69) is 69.3 Å². The van der Waals surface area contributed by atoms with Crippen LogP contribution in [0.4, 0.5) is 0 Å². The van der Waals surface area contributed by atoms with Crippen molar-refractivity contribution in [2.45, 2.75) is 38.7 Å². The molecule has 0 amide bonds. The van der Waals surface area contributed by atoms with Crippen LogP contribution in [0, 0.1) is 11.8 Å². The average Bonchev–Trinajstić information content (AvgIpc) is 3.33. The molecule has 2 aromatic carbocycles. The van der Waals surface area contributed by atoms with Gasteiger partial charge in [0.25, 0.3) is 8.32 Å². The van der Waals surface area contributed by atoms with Crippen molar-refractivity contribution in [2.75, 3.05) is 6.61 Å². The Morgan fingerprint density at radius 1 is 1.00 bits per heavy atom. The lowest BCUT2D eigenvalue weighted by Gasteiger charge is -2.43. The highest BCUT2D eigenvalue weighted by Crippen LogP contribution is 2.44. The standard InChI is InChI=1S/C22H28O3Si/c1-22(2,3)26(19-10-6-4-7-11-19,20-12-8-5-9-13-20)25-16-18-14-17(18)15-21(23)24/h4-13,17-18H,14-16H2,1-3H3,(H,23,24)/t17-,18+/m1/s1. The largest absolute Gasteiger partial charge is 0.481 e. The van der Waals surface area contributed by atoms with Crippen LogP contribution in [0.5, 0.6) is 0 Å². The molecule has 3 nitrogen and oxygen atoms in total. The minimum absolute atomic E-state index is 0.0348. The van der Waals surface area contributed by atoms with Gasteiger partial charge in [-0.1, -0.05) is 81.4 Å². The lowest BCUT2D eigenvalue weighted by Crippen LogP contribution is -2.66. The van der Waals surface area contributed by atoms with Crippen molar-refractivity contribution in [3.8, 4) is 0 Å². The number of hydrogen-bond acceptors (Lipinski definition) is 2. The maximum absolute atomic E-state index is 11.0. The van der Waals surface area contributed by atoms with E-state index in [1.54, 1.807) is 0 Å². The summed E-state index contributed by atoms with van der Waals surface area (Å²) < 4.78 is 6.85. The smallest absolute Gasteiger partial charge is 0.303 e. The molecule has 2 aromatic rings. The molecule has 1 aliphatic rings. The third-order valence-corrected chi connectivity index (χ3v) is 10.4. The topological polar surface area (TPSA) is 46.5 Å². The van der Waals surface area contributed by atoms with E-state index in [0.717, 1.165) is 6.42 Å². The molecule has 3 rings (SSSR count). The van der Waals surface area contributed by atoms with Crippen LogP contribution in [-0.2, 0) is 9.22 Å². The molecule has 1 saturated carbocycles. The molecule has 0 saturated heterocycles. The molecule has 4 heteroatoms. The summed E-state index contributed by atoms with van der Waals surface area (Å²) in [6, 6.07) is 21.2. The summed E-state index contributed by atoms with van der Waals surface area (Å²) >= 11 is 0. The fourth-order valence-electron chi connectivity index (χ4n) is 3.98. The van der Waals surface area contributed by atoms with Crippen LogP contribution in [0.25, 0.3) is 0 Å². The number of carboxylic acids is 1. The van der Waals surface area contributed by atoms with Crippen molar-refractivity contribution in [3.05, 3.63) is 60.7 Å². The van der Waals surface area contributed by atoms with Gasteiger partial charge in [-0.05, 0) is 33.7 Å². The van der Waals surface area contributed by atoms with Gasteiger partial charge in [-0.2, -0.15) is 0 Å². The SMILES string of the molecule is CC(C)(C)[Si](OC[C@@H]1C[C@@H]1CC(=O)O)(c1ccccc1)c1ccccc1. The van der Waals surface area contributed by atoms with Crippen LogP contribution in [0.3, 0.4) is 0 Å². The maximum atomic E-state index is 11.0. The van der Waals surface area contributed by atoms with Crippen LogP contribution in [-0.4, -0.2) is 26.0 Å². The van der Waals surface area contributed by atoms with Crippen molar-refractivity contribution in [1.29, 1.82) is 0 Å². The molecule has 0 unspecified atom stereocenters. The first kappa shape index (κ1) is 18.9. The predicted octanol–water partition coefficient (Wildman–Crippen LogP) is 3.67. The van der Waals surface area contributed by atoms with Crippen LogP contribution in [0.15, 0.2) is 60.7 Å². The minimum atomic E-state index is -2.49. The first-order chi connectivity index (χ1) is 12.3. The van der Waals surface area contributed by atoms with Gasteiger partial charge in [-0.15, -0.1) is 0 Å². The summed E-state index contributed by atoms with van der Waals surface area (Å²) in [6.07, 6.45) is 1.22. The zero-order valence-corrected chi connectivity index (χ0v) is 16.8. The Morgan fingerprint density at radius 3 is 1.92 bits per heavy atom. The Bertz CT molecular complexity index is 697. The maximum Gasteiger partial charge on any atom is 0.303 e. The highest BCUT2D eigenvalue weighted by atomic mass is 28.4. The van der Waals surface area contributed by atoms with Crippen LogP contribution < -0.4 is 10.4 Å². The third-order valence-electron chi connectivity index (χ3n) is 5.44. The van der Waals surface area contributed by atoms with Gasteiger partial charge in [0, 0.05) is 13.0 Å². The normalized spacial score (nSPS) is 20.0. The second-order valence-electron chi connectivity index (χ2n) is 8.33. The zero-order chi connectivity index (χ0) is 18.8. The molecule has 1 fully saturated rings. The summed E-state index contributed by atoms with van der Waals surface area (Å²) in [6.45, 7) is 7.44.